The number of benzene rings is 1. The number of aliphatic hydroxyl groups is 2. The van der Waals surface area contributed by atoms with Crippen LogP contribution in [0.1, 0.15) is 30.4 Å². The quantitative estimate of drug-likeness (QED) is 0.808. The largest absolute Gasteiger partial charge is 0.493 e. The Morgan fingerprint density at radius 2 is 2.20 bits per heavy atom. The Morgan fingerprint density at radius 1 is 1.40 bits per heavy atom. The Hall–Kier alpha value is -1.63. The van der Waals surface area contributed by atoms with E-state index in [1.165, 1.54) is 0 Å². The van der Waals surface area contributed by atoms with Crippen LogP contribution in [0.4, 0.5) is 0 Å². The van der Waals surface area contributed by atoms with Crippen LogP contribution >= 0.6 is 0 Å². The Morgan fingerprint density at radius 3 is 2.92 bits per heavy atom. The molecule has 1 saturated carbocycles. The summed E-state index contributed by atoms with van der Waals surface area (Å²) >= 11 is 0. The van der Waals surface area contributed by atoms with Crippen molar-refractivity contribution in [3.63, 3.8) is 0 Å². The molecule has 134 valence electrons. The maximum absolute atomic E-state index is 13.0. The zero-order valence-electron chi connectivity index (χ0n) is 14.5. The monoisotopic (exact) mass is 345 g/mol. The van der Waals surface area contributed by atoms with E-state index in [1.807, 2.05) is 19.2 Å². The normalized spacial score (nSPS) is 41.3. The minimum Gasteiger partial charge on any atom is -0.493 e. The van der Waals surface area contributed by atoms with Crippen LogP contribution in [0.3, 0.4) is 0 Å². The summed E-state index contributed by atoms with van der Waals surface area (Å²) in [5.74, 6) is 0.975. The first-order valence-electron chi connectivity index (χ1n) is 8.91. The van der Waals surface area contributed by atoms with Crippen molar-refractivity contribution in [2.45, 2.75) is 48.3 Å². The Kier molecular flexibility index (Phi) is 2.84. The van der Waals surface area contributed by atoms with Gasteiger partial charge in [-0.05, 0) is 44.5 Å². The molecular formula is C19H23NO5. The number of likely N-dealkylation sites (N-methyl/N-ethyl adjacent to an activating group) is 1. The third-order valence-corrected chi connectivity index (χ3v) is 7.30. The second-order valence-corrected chi connectivity index (χ2v) is 7.92. The molecule has 1 aromatic carbocycles. The number of methoxy groups -OCH3 is 1. The Labute approximate surface area is 146 Å². The number of ether oxygens (including phenoxy) is 2. The molecule has 4 unspecified atom stereocenters. The number of nitrogens with zero attached hydrogens (tertiary/aromatic N) is 1. The summed E-state index contributed by atoms with van der Waals surface area (Å²) in [4.78, 5) is 15.2. The van der Waals surface area contributed by atoms with Gasteiger partial charge in [0.1, 0.15) is 0 Å². The van der Waals surface area contributed by atoms with E-state index in [9.17, 15) is 15.0 Å². The topological polar surface area (TPSA) is 79.2 Å². The molecule has 4 aliphatic rings. The summed E-state index contributed by atoms with van der Waals surface area (Å²) in [5.41, 5.74) is -1.44. The van der Waals surface area contributed by atoms with E-state index in [0.717, 1.165) is 17.7 Å². The summed E-state index contributed by atoms with van der Waals surface area (Å²) in [6, 6.07) is 3.79. The molecule has 25 heavy (non-hydrogen) atoms. The molecule has 2 fully saturated rings. The highest BCUT2D eigenvalue weighted by Crippen LogP contribution is 2.68. The molecule has 0 radical (unpaired) electrons. The molecule has 2 aliphatic carbocycles. The van der Waals surface area contributed by atoms with Crippen LogP contribution in [0, 0.1) is 0 Å². The summed E-state index contributed by atoms with van der Waals surface area (Å²) in [5, 5.41) is 22.3. The second-order valence-electron chi connectivity index (χ2n) is 7.92. The number of aliphatic hydroxyl groups excluding tert-OH is 1. The number of likely N-dealkylation sites (tertiary alicyclic amines) is 1. The molecular weight excluding hydrogens is 322 g/mol. The summed E-state index contributed by atoms with van der Waals surface area (Å²) in [7, 11) is 3.60. The van der Waals surface area contributed by atoms with E-state index in [0.29, 0.717) is 30.8 Å². The Balaban J connectivity index is 1.91. The van der Waals surface area contributed by atoms with Crippen molar-refractivity contribution in [1.82, 2.24) is 4.90 Å². The molecule has 2 bridgehead atoms. The van der Waals surface area contributed by atoms with Crippen molar-refractivity contribution in [2.75, 3.05) is 27.3 Å². The molecule has 6 heteroatoms. The third kappa shape index (κ3) is 1.40. The fraction of sp³-hybridized carbons (Fsp3) is 0.632. The first kappa shape index (κ1) is 15.6. The fourth-order valence-electron chi connectivity index (χ4n) is 6.20. The van der Waals surface area contributed by atoms with E-state index in [2.05, 4.69) is 4.90 Å². The van der Waals surface area contributed by atoms with Gasteiger partial charge in [0, 0.05) is 18.0 Å². The first-order chi connectivity index (χ1) is 11.9. The molecule has 1 aromatic rings. The van der Waals surface area contributed by atoms with Crippen molar-refractivity contribution in [1.29, 1.82) is 0 Å². The maximum atomic E-state index is 13.0. The molecule has 0 amide bonds. The highest BCUT2D eigenvalue weighted by molar-refractivity contribution is 5.94. The van der Waals surface area contributed by atoms with E-state index in [4.69, 9.17) is 9.47 Å². The minimum absolute atomic E-state index is 0.0873. The van der Waals surface area contributed by atoms with Gasteiger partial charge in [-0.2, -0.15) is 0 Å². The summed E-state index contributed by atoms with van der Waals surface area (Å²) in [6.07, 6.45) is 1.91. The van der Waals surface area contributed by atoms with Gasteiger partial charge in [0.25, 0.3) is 0 Å². The van der Waals surface area contributed by atoms with Crippen LogP contribution in [-0.4, -0.2) is 65.4 Å². The predicted octanol–water partition coefficient (Wildman–Crippen LogP) is 0.411. The molecule has 2 N–H and O–H groups in total. The Bertz CT molecular complexity index is 794. The fourth-order valence-corrected chi connectivity index (χ4v) is 6.20. The van der Waals surface area contributed by atoms with Gasteiger partial charge in [-0.1, -0.05) is 6.07 Å². The average Bonchev–Trinajstić information content (AvgIpc) is 2.93. The van der Waals surface area contributed by atoms with Crippen LogP contribution in [0.25, 0.3) is 0 Å². The first-order valence-corrected chi connectivity index (χ1v) is 8.91. The van der Waals surface area contributed by atoms with Crippen molar-refractivity contribution in [3.8, 4) is 11.5 Å². The number of rotatable bonds is 2. The third-order valence-electron chi connectivity index (χ3n) is 7.30. The van der Waals surface area contributed by atoms with Crippen molar-refractivity contribution in [3.05, 3.63) is 23.3 Å². The van der Waals surface area contributed by atoms with Crippen LogP contribution in [-0.2, 0) is 16.6 Å². The number of Topliss-reactive ketones (excluding diaryl/α,β-unsaturated/α-hetero) is 1. The number of piperidine rings is 1. The highest BCUT2D eigenvalue weighted by atomic mass is 16.5. The molecule has 1 spiro atoms. The lowest BCUT2D eigenvalue weighted by Gasteiger charge is -2.64. The van der Waals surface area contributed by atoms with Gasteiger partial charge in [0.15, 0.2) is 17.3 Å². The van der Waals surface area contributed by atoms with Crippen LogP contribution in [0.5, 0.6) is 11.5 Å². The number of carbonyl (C=O) groups is 1. The standard InChI is InChI=1S/C19H23NO5/c1-20-8-7-17-15-11-3-4-12(24-2)16(15)25-19(17,10-21)14(22)5-6-18(17,23)13(20)9-11/h3-4,13,21,23H,5-10H2,1-2H3. The van der Waals surface area contributed by atoms with Crippen LogP contribution in [0.15, 0.2) is 12.1 Å². The lowest BCUT2D eigenvalue weighted by Crippen LogP contribution is -2.81. The van der Waals surface area contributed by atoms with E-state index in [-0.39, 0.29) is 18.2 Å². The molecule has 5 rings (SSSR count). The smallest absolute Gasteiger partial charge is 0.202 e. The van der Waals surface area contributed by atoms with Crippen LogP contribution < -0.4 is 9.47 Å². The molecule has 2 heterocycles. The minimum atomic E-state index is -1.41. The summed E-state index contributed by atoms with van der Waals surface area (Å²) < 4.78 is 11.7. The molecule has 0 aromatic heterocycles. The number of hydrogen-bond donors (Lipinski definition) is 2. The number of ketones is 1. The van der Waals surface area contributed by atoms with Gasteiger partial charge in [-0.25, -0.2) is 0 Å². The van der Waals surface area contributed by atoms with Crippen molar-refractivity contribution < 1.29 is 24.5 Å². The zero-order chi connectivity index (χ0) is 17.6. The molecule has 1 saturated heterocycles. The molecule has 6 nitrogen and oxygen atoms in total. The van der Waals surface area contributed by atoms with Crippen molar-refractivity contribution >= 4 is 5.78 Å². The lowest BCUT2D eigenvalue weighted by molar-refractivity contribution is -0.216. The lowest BCUT2D eigenvalue weighted by atomic mass is 9.45. The molecule has 2 aliphatic heterocycles. The van der Waals surface area contributed by atoms with Gasteiger partial charge in [0.2, 0.25) is 5.60 Å². The van der Waals surface area contributed by atoms with E-state index >= 15 is 0 Å². The highest BCUT2D eigenvalue weighted by Gasteiger charge is 2.79. The van der Waals surface area contributed by atoms with Crippen LogP contribution in [0.2, 0.25) is 0 Å². The molecule has 4 atom stereocenters. The number of carbonyl (C=O) groups excluding carboxylic acids is 1. The van der Waals surface area contributed by atoms with Gasteiger partial charge in [-0.3, -0.25) is 4.79 Å². The predicted molar refractivity (Wildman–Crippen MR) is 89.0 cm³/mol. The van der Waals surface area contributed by atoms with Gasteiger partial charge in [0.05, 0.1) is 24.7 Å². The van der Waals surface area contributed by atoms with E-state index < -0.39 is 23.2 Å². The number of hydrogen-bond acceptors (Lipinski definition) is 6. The van der Waals surface area contributed by atoms with Gasteiger partial charge < -0.3 is 24.6 Å². The second kappa shape index (κ2) is 4.55. The van der Waals surface area contributed by atoms with Crippen molar-refractivity contribution in [2.24, 2.45) is 0 Å². The maximum Gasteiger partial charge on any atom is 0.202 e. The van der Waals surface area contributed by atoms with E-state index in [1.54, 1.807) is 7.11 Å². The zero-order valence-corrected chi connectivity index (χ0v) is 14.5. The SMILES string of the molecule is COc1ccc2c3c1OC1(CO)C(=O)CCC4(O)C(C2)N(C)CCC314. The van der Waals surface area contributed by atoms with Gasteiger partial charge in [-0.15, -0.1) is 0 Å². The average molecular weight is 345 g/mol. The summed E-state index contributed by atoms with van der Waals surface area (Å²) in [6.45, 7) is 0.323. The van der Waals surface area contributed by atoms with Gasteiger partial charge >= 0.3 is 0 Å².